The van der Waals surface area contributed by atoms with E-state index in [1.807, 2.05) is 53.4 Å². The van der Waals surface area contributed by atoms with Crippen molar-refractivity contribution < 1.29 is 9.53 Å². The van der Waals surface area contributed by atoms with E-state index in [4.69, 9.17) is 4.74 Å². The fourth-order valence-electron chi connectivity index (χ4n) is 3.29. The molecule has 1 saturated heterocycles. The first-order chi connectivity index (χ1) is 12.3. The molecule has 1 fully saturated rings. The molecular formula is C21H20N2O2. The minimum atomic E-state index is 0.102. The SMILES string of the molecule is O=C(c1ccc2ccccc2c1)N1CCC(Oc2cccnc2)CC1. The van der Waals surface area contributed by atoms with Crippen LogP contribution < -0.4 is 4.74 Å². The molecule has 126 valence electrons. The van der Waals surface area contributed by atoms with Crippen LogP contribution in [-0.4, -0.2) is 35.0 Å². The van der Waals surface area contributed by atoms with Crippen LogP contribution >= 0.6 is 0 Å². The van der Waals surface area contributed by atoms with Crippen LogP contribution in [0.15, 0.2) is 67.0 Å². The van der Waals surface area contributed by atoms with Gasteiger partial charge in [0.25, 0.3) is 5.91 Å². The van der Waals surface area contributed by atoms with Crippen LogP contribution in [0.1, 0.15) is 23.2 Å². The Kier molecular flexibility index (Phi) is 4.34. The first-order valence-corrected chi connectivity index (χ1v) is 8.64. The van der Waals surface area contributed by atoms with Crippen molar-refractivity contribution in [1.29, 1.82) is 0 Å². The van der Waals surface area contributed by atoms with Crippen LogP contribution in [0.3, 0.4) is 0 Å². The van der Waals surface area contributed by atoms with Crippen molar-refractivity contribution >= 4 is 16.7 Å². The zero-order valence-corrected chi connectivity index (χ0v) is 14.0. The smallest absolute Gasteiger partial charge is 0.253 e. The van der Waals surface area contributed by atoms with Gasteiger partial charge in [-0.3, -0.25) is 9.78 Å². The molecule has 0 atom stereocenters. The number of likely N-dealkylation sites (tertiary alicyclic amines) is 1. The fraction of sp³-hybridized carbons (Fsp3) is 0.238. The third-order valence-electron chi connectivity index (χ3n) is 4.66. The second-order valence-corrected chi connectivity index (χ2v) is 6.36. The van der Waals surface area contributed by atoms with Crippen LogP contribution in [0.4, 0.5) is 0 Å². The molecular weight excluding hydrogens is 312 g/mol. The molecule has 0 N–H and O–H groups in total. The van der Waals surface area contributed by atoms with Gasteiger partial charge in [-0.2, -0.15) is 0 Å². The summed E-state index contributed by atoms with van der Waals surface area (Å²) in [6.07, 6.45) is 5.29. The Hall–Kier alpha value is -2.88. The van der Waals surface area contributed by atoms with Gasteiger partial charge in [0.05, 0.1) is 6.20 Å². The number of piperidine rings is 1. The van der Waals surface area contributed by atoms with Gasteiger partial charge in [-0.15, -0.1) is 0 Å². The summed E-state index contributed by atoms with van der Waals surface area (Å²) in [7, 11) is 0. The van der Waals surface area contributed by atoms with Crippen molar-refractivity contribution in [2.75, 3.05) is 13.1 Å². The van der Waals surface area contributed by atoms with Crippen LogP contribution in [0.25, 0.3) is 10.8 Å². The largest absolute Gasteiger partial charge is 0.489 e. The van der Waals surface area contributed by atoms with Crippen molar-refractivity contribution in [3.63, 3.8) is 0 Å². The molecule has 3 aromatic rings. The first-order valence-electron chi connectivity index (χ1n) is 8.64. The highest BCUT2D eigenvalue weighted by atomic mass is 16.5. The average Bonchev–Trinajstić information content (AvgIpc) is 2.68. The lowest BCUT2D eigenvalue weighted by Gasteiger charge is -2.32. The number of pyridine rings is 1. The molecule has 0 bridgehead atoms. The van der Waals surface area contributed by atoms with Crippen molar-refractivity contribution in [3.8, 4) is 5.75 Å². The van der Waals surface area contributed by atoms with Gasteiger partial charge in [-0.25, -0.2) is 0 Å². The van der Waals surface area contributed by atoms with Gasteiger partial charge in [0.15, 0.2) is 0 Å². The lowest BCUT2D eigenvalue weighted by atomic mass is 10.0. The third-order valence-corrected chi connectivity index (χ3v) is 4.66. The monoisotopic (exact) mass is 332 g/mol. The zero-order chi connectivity index (χ0) is 17.1. The summed E-state index contributed by atoms with van der Waals surface area (Å²) in [4.78, 5) is 18.8. The van der Waals surface area contributed by atoms with Crippen molar-refractivity contribution in [1.82, 2.24) is 9.88 Å². The Labute approximate surface area is 147 Å². The van der Waals surface area contributed by atoms with E-state index < -0.39 is 0 Å². The zero-order valence-electron chi connectivity index (χ0n) is 14.0. The summed E-state index contributed by atoms with van der Waals surface area (Å²) in [5.74, 6) is 0.896. The summed E-state index contributed by atoms with van der Waals surface area (Å²) in [6.45, 7) is 1.44. The van der Waals surface area contributed by atoms with Gasteiger partial charge in [0.2, 0.25) is 0 Å². The summed E-state index contributed by atoms with van der Waals surface area (Å²) in [6, 6.07) is 17.8. The van der Waals surface area contributed by atoms with E-state index >= 15 is 0 Å². The topological polar surface area (TPSA) is 42.4 Å². The standard InChI is InChI=1S/C21H20N2O2/c24-21(18-8-7-16-4-1-2-5-17(16)14-18)23-12-9-19(10-13-23)25-20-6-3-11-22-15-20/h1-8,11,14-15,19H,9-10,12-13H2. The molecule has 0 aliphatic carbocycles. The second-order valence-electron chi connectivity index (χ2n) is 6.36. The molecule has 0 spiro atoms. The number of rotatable bonds is 3. The van der Waals surface area contributed by atoms with Gasteiger partial charge in [0, 0.05) is 37.7 Å². The number of fused-ring (bicyclic) bond motifs is 1. The molecule has 1 aliphatic heterocycles. The number of aromatic nitrogens is 1. The number of carbonyl (C=O) groups is 1. The number of ether oxygens (including phenoxy) is 1. The van der Waals surface area contributed by atoms with E-state index in [0.717, 1.165) is 48.0 Å². The van der Waals surface area contributed by atoms with Gasteiger partial charge in [0.1, 0.15) is 11.9 Å². The molecule has 0 radical (unpaired) electrons. The number of benzene rings is 2. The lowest BCUT2D eigenvalue weighted by molar-refractivity contribution is 0.0595. The highest BCUT2D eigenvalue weighted by Crippen LogP contribution is 2.21. The van der Waals surface area contributed by atoms with Gasteiger partial charge in [-0.05, 0) is 35.0 Å². The Balaban J connectivity index is 1.40. The molecule has 4 rings (SSSR count). The van der Waals surface area contributed by atoms with Crippen LogP contribution in [0, 0.1) is 0 Å². The van der Waals surface area contributed by atoms with Gasteiger partial charge in [-0.1, -0.05) is 30.3 Å². The Morgan fingerprint density at radius 3 is 2.56 bits per heavy atom. The van der Waals surface area contributed by atoms with Crippen molar-refractivity contribution in [2.24, 2.45) is 0 Å². The maximum absolute atomic E-state index is 12.8. The molecule has 0 unspecified atom stereocenters. The molecule has 0 saturated carbocycles. The van der Waals surface area contributed by atoms with Crippen LogP contribution in [0.5, 0.6) is 5.75 Å². The van der Waals surface area contributed by atoms with E-state index in [1.165, 1.54) is 0 Å². The van der Waals surface area contributed by atoms with E-state index in [-0.39, 0.29) is 12.0 Å². The Morgan fingerprint density at radius 2 is 1.80 bits per heavy atom. The Bertz CT molecular complexity index is 871. The first kappa shape index (κ1) is 15.6. The molecule has 2 aromatic carbocycles. The quantitative estimate of drug-likeness (QED) is 0.730. The predicted octanol–water partition coefficient (Wildman–Crippen LogP) is 3.92. The molecule has 2 heterocycles. The van der Waals surface area contributed by atoms with Crippen molar-refractivity contribution in [3.05, 3.63) is 72.6 Å². The molecule has 1 amide bonds. The minimum absolute atomic E-state index is 0.102. The summed E-state index contributed by atoms with van der Waals surface area (Å²) >= 11 is 0. The molecule has 1 aromatic heterocycles. The second kappa shape index (κ2) is 6.93. The summed E-state index contributed by atoms with van der Waals surface area (Å²) in [5, 5.41) is 2.26. The van der Waals surface area contributed by atoms with Crippen molar-refractivity contribution in [2.45, 2.75) is 18.9 Å². The number of hydrogen-bond acceptors (Lipinski definition) is 3. The molecule has 25 heavy (non-hydrogen) atoms. The summed E-state index contributed by atoms with van der Waals surface area (Å²) < 4.78 is 5.95. The number of amides is 1. The highest BCUT2D eigenvalue weighted by molar-refractivity contribution is 5.98. The van der Waals surface area contributed by atoms with E-state index in [0.29, 0.717) is 0 Å². The molecule has 4 heteroatoms. The van der Waals surface area contributed by atoms with Gasteiger partial charge >= 0.3 is 0 Å². The van der Waals surface area contributed by atoms with E-state index in [2.05, 4.69) is 11.1 Å². The average molecular weight is 332 g/mol. The predicted molar refractivity (Wildman–Crippen MR) is 97.7 cm³/mol. The minimum Gasteiger partial charge on any atom is -0.489 e. The van der Waals surface area contributed by atoms with E-state index in [1.54, 1.807) is 12.4 Å². The maximum atomic E-state index is 12.8. The number of carbonyl (C=O) groups excluding carboxylic acids is 1. The fourth-order valence-corrected chi connectivity index (χ4v) is 3.29. The van der Waals surface area contributed by atoms with Crippen LogP contribution in [-0.2, 0) is 0 Å². The Morgan fingerprint density at radius 1 is 1.00 bits per heavy atom. The van der Waals surface area contributed by atoms with E-state index in [9.17, 15) is 4.79 Å². The van der Waals surface area contributed by atoms with Gasteiger partial charge < -0.3 is 9.64 Å². The van der Waals surface area contributed by atoms with Crippen LogP contribution in [0.2, 0.25) is 0 Å². The maximum Gasteiger partial charge on any atom is 0.253 e. The third kappa shape index (κ3) is 3.48. The summed E-state index contributed by atoms with van der Waals surface area (Å²) in [5.41, 5.74) is 0.755. The number of hydrogen-bond donors (Lipinski definition) is 0. The molecule has 4 nitrogen and oxygen atoms in total. The number of nitrogens with zero attached hydrogens (tertiary/aromatic N) is 2. The lowest BCUT2D eigenvalue weighted by Crippen LogP contribution is -2.41. The highest BCUT2D eigenvalue weighted by Gasteiger charge is 2.24. The normalized spacial score (nSPS) is 15.3. The molecule has 1 aliphatic rings.